The van der Waals surface area contributed by atoms with Gasteiger partial charge in [-0.05, 0) is 29.8 Å². The maximum absolute atomic E-state index is 5.33. The standard InChI is InChI=1S/C10H12BrN3O2/c1-5-9(15-3)12-8-7(11)6(2)13-14(8)10(5)16-4/h1-4H3. The molecule has 0 aromatic carbocycles. The molecule has 6 heteroatoms. The van der Waals surface area contributed by atoms with E-state index in [0.29, 0.717) is 17.4 Å². The highest BCUT2D eigenvalue weighted by Crippen LogP contribution is 2.30. The number of rotatable bonds is 2. The van der Waals surface area contributed by atoms with E-state index in [1.807, 2.05) is 13.8 Å². The molecule has 16 heavy (non-hydrogen) atoms. The van der Waals surface area contributed by atoms with Crippen molar-refractivity contribution in [3.63, 3.8) is 0 Å². The Bertz CT molecular complexity index is 551. The van der Waals surface area contributed by atoms with Crippen LogP contribution in [0.3, 0.4) is 0 Å². The molecule has 0 atom stereocenters. The molecule has 0 radical (unpaired) electrons. The normalized spacial score (nSPS) is 10.8. The third-order valence-corrected chi connectivity index (χ3v) is 3.32. The predicted octanol–water partition coefficient (Wildman–Crippen LogP) is 2.13. The molecule has 0 amide bonds. The Kier molecular flexibility index (Phi) is 2.75. The Balaban J connectivity index is 2.89. The topological polar surface area (TPSA) is 48.7 Å². The van der Waals surface area contributed by atoms with Crippen molar-refractivity contribution in [1.29, 1.82) is 0 Å². The minimum absolute atomic E-state index is 0.546. The van der Waals surface area contributed by atoms with Crippen LogP contribution in [0.5, 0.6) is 11.8 Å². The van der Waals surface area contributed by atoms with Crippen molar-refractivity contribution in [2.75, 3.05) is 14.2 Å². The number of aromatic nitrogens is 3. The number of nitrogens with zero attached hydrogens (tertiary/aromatic N) is 3. The van der Waals surface area contributed by atoms with Crippen LogP contribution in [0.25, 0.3) is 5.65 Å². The third-order valence-electron chi connectivity index (χ3n) is 2.39. The molecule has 2 rings (SSSR count). The molecule has 0 N–H and O–H groups in total. The second-order valence-corrected chi connectivity index (χ2v) is 4.18. The van der Waals surface area contributed by atoms with E-state index in [1.165, 1.54) is 0 Å². The molecule has 0 fully saturated rings. The number of halogens is 1. The zero-order chi connectivity index (χ0) is 11.9. The van der Waals surface area contributed by atoms with E-state index < -0.39 is 0 Å². The van der Waals surface area contributed by atoms with Gasteiger partial charge in [-0.1, -0.05) is 0 Å². The minimum Gasteiger partial charge on any atom is -0.481 e. The second-order valence-electron chi connectivity index (χ2n) is 3.39. The Morgan fingerprint density at radius 2 is 1.88 bits per heavy atom. The molecule has 5 nitrogen and oxygen atoms in total. The van der Waals surface area contributed by atoms with Gasteiger partial charge in [0.2, 0.25) is 11.8 Å². The van der Waals surface area contributed by atoms with Gasteiger partial charge in [0.15, 0.2) is 5.65 Å². The lowest BCUT2D eigenvalue weighted by Crippen LogP contribution is -2.03. The van der Waals surface area contributed by atoms with Gasteiger partial charge < -0.3 is 9.47 Å². The van der Waals surface area contributed by atoms with Crippen LogP contribution in [0.2, 0.25) is 0 Å². The van der Waals surface area contributed by atoms with Crippen LogP contribution in [-0.4, -0.2) is 28.8 Å². The van der Waals surface area contributed by atoms with E-state index in [0.717, 1.165) is 15.7 Å². The summed E-state index contributed by atoms with van der Waals surface area (Å²) in [6.07, 6.45) is 0. The van der Waals surface area contributed by atoms with Crippen molar-refractivity contribution in [2.24, 2.45) is 0 Å². The Labute approximate surface area is 102 Å². The molecular formula is C10H12BrN3O2. The fraction of sp³-hybridized carbons (Fsp3) is 0.400. The number of methoxy groups -OCH3 is 2. The average Bonchev–Trinajstić information content (AvgIpc) is 2.55. The summed E-state index contributed by atoms with van der Waals surface area (Å²) in [7, 11) is 3.19. The monoisotopic (exact) mass is 285 g/mol. The molecule has 2 aromatic rings. The molecule has 0 saturated heterocycles. The Morgan fingerprint density at radius 1 is 1.19 bits per heavy atom. The zero-order valence-corrected chi connectivity index (χ0v) is 11.1. The minimum atomic E-state index is 0.546. The lowest BCUT2D eigenvalue weighted by Gasteiger charge is -2.09. The summed E-state index contributed by atoms with van der Waals surface area (Å²) < 4.78 is 13.1. The van der Waals surface area contributed by atoms with Gasteiger partial charge in [0.05, 0.1) is 29.9 Å². The molecule has 2 aromatic heterocycles. The number of aryl methyl sites for hydroxylation is 1. The quantitative estimate of drug-likeness (QED) is 0.848. The van der Waals surface area contributed by atoms with Gasteiger partial charge >= 0.3 is 0 Å². The van der Waals surface area contributed by atoms with Crippen molar-refractivity contribution in [3.05, 3.63) is 15.7 Å². The van der Waals surface area contributed by atoms with E-state index >= 15 is 0 Å². The maximum Gasteiger partial charge on any atom is 0.224 e. The molecule has 0 aliphatic rings. The third kappa shape index (κ3) is 1.44. The number of fused-ring (bicyclic) bond motifs is 1. The molecule has 0 aliphatic carbocycles. The van der Waals surface area contributed by atoms with Gasteiger partial charge in [0.25, 0.3) is 0 Å². The summed E-state index contributed by atoms with van der Waals surface area (Å²) in [5.41, 5.74) is 2.38. The first-order chi connectivity index (χ1) is 7.60. The molecule has 0 bridgehead atoms. The summed E-state index contributed by atoms with van der Waals surface area (Å²) in [6, 6.07) is 0. The van der Waals surface area contributed by atoms with Gasteiger partial charge in [0.1, 0.15) is 0 Å². The van der Waals surface area contributed by atoms with Crippen molar-refractivity contribution < 1.29 is 9.47 Å². The lowest BCUT2D eigenvalue weighted by atomic mass is 10.3. The highest BCUT2D eigenvalue weighted by atomic mass is 79.9. The van der Waals surface area contributed by atoms with Gasteiger partial charge in [-0.3, -0.25) is 0 Å². The van der Waals surface area contributed by atoms with Crippen LogP contribution in [-0.2, 0) is 0 Å². The smallest absolute Gasteiger partial charge is 0.224 e. The van der Waals surface area contributed by atoms with Gasteiger partial charge in [-0.25, -0.2) is 0 Å². The molecular weight excluding hydrogens is 274 g/mol. The van der Waals surface area contributed by atoms with E-state index in [4.69, 9.17) is 9.47 Å². The molecule has 0 spiro atoms. The van der Waals surface area contributed by atoms with Gasteiger partial charge in [0, 0.05) is 0 Å². The SMILES string of the molecule is COc1nc2c(Br)c(C)nn2c(OC)c1C. The largest absolute Gasteiger partial charge is 0.481 e. The predicted molar refractivity (Wildman–Crippen MR) is 63.3 cm³/mol. The first-order valence-corrected chi connectivity index (χ1v) is 5.52. The average molecular weight is 286 g/mol. The fourth-order valence-electron chi connectivity index (χ4n) is 1.60. The molecule has 0 unspecified atom stereocenters. The summed E-state index contributed by atoms with van der Waals surface area (Å²) in [5.74, 6) is 1.18. The molecule has 0 aliphatic heterocycles. The van der Waals surface area contributed by atoms with Crippen molar-refractivity contribution >= 4 is 21.6 Å². The maximum atomic E-state index is 5.33. The van der Waals surface area contributed by atoms with Gasteiger partial charge in [-0.2, -0.15) is 14.6 Å². The van der Waals surface area contributed by atoms with Crippen molar-refractivity contribution in [3.8, 4) is 11.8 Å². The number of ether oxygens (including phenoxy) is 2. The summed E-state index contributed by atoms with van der Waals surface area (Å²) in [5, 5.41) is 4.35. The van der Waals surface area contributed by atoms with E-state index in [1.54, 1.807) is 18.7 Å². The van der Waals surface area contributed by atoms with Crippen molar-refractivity contribution in [1.82, 2.24) is 14.6 Å². The summed E-state index contributed by atoms with van der Waals surface area (Å²) >= 11 is 3.45. The van der Waals surface area contributed by atoms with E-state index in [-0.39, 0.29) is 0 Å². The van der Waals surface area contributed by atoms with Gasteiger partial charge in [-0.15, -0.1) is 0 Å². The Hall–Kier alpha value is -1.30. The van der Waals surface area contributed by atoms with Crippen LogP contribution in [0.15, 0.2) is 4.47 Å². The lowest BCUT2D eigenvalue weighted by molar-refractivity contribution is 0.359. The van der Waals surface area contributed by atoms with Crippen LogP contribution in [0.4, 0.5) is 0 Å². The highest BCUT2D eigenvalue weighted by Gasteiger charge is 2.17. The van der Waals surface area contributed by atoms with Crippen LogP contribution >= 0.6 is 15.9 Å². The number of hydrogen-bond acceptors (Lipinski definition) is 4. The number of hydrogen-bond donors (Lipinski definition) is 0. The van der Waals surface area contributed by atoms with E-state index in [9.17, 15) is 0 Å². The first kappa shape index (κ1) is 11.2. The highest BCUT2D eigenvalue weighted by molar-refractivity contribution is 9.10. The van der Waals surface area contributed by atoms with E-state index in [2.05, 4.69) is 26.0 Å². The zero-order valence-electron chi connectivity index (χ0n) is 9.54. The van der Waals surface area contributed by atoms with Crippen LogP contribution < -0.4 is 9.47 Å². The summed E-state index contributed by atoms with van der Waals surface area (Å²) in [6.45, 7) is 3.79. The molecule has 2 heterocycles. The first-order valence-electron chi connectivity index (χ1n) is 4.73. The fourth-order valence-corrected chi connectivity index (χ4v) is 1.94. The van der Waals surface area contributed by atoms with Crippen LogP contribution in [0.1, 0.15) is 11.3 Å². The molecule has 86 valence electrons. The van der Waals surface area contributed by atoms with Crippen LogP contribution in [0, 0.1) is 13.8 Å². The summed E-state index contributed by atoms with van der Waals surface area (Å²) in [4.78, 5) is 4.37. The van der Waals surface area contributed by atoms with Crippen molar-refractivity contribution in [2.45, 2.75) is 13.8 Å². The molecule has 0 saturated carbocycles. The Morgan fingerprint density at radius 3 is 2.44 bits per heavy atom. The second kappa shape index (κ2) is 3.93.